The van der Waals surface area contributed by atoms with Crippen LogP contribution in [0.25, 0.3) is 0 Å². The van der Waals surface area contributed by atoms with Crippen molar-refractivity contribution in [1.29, 1.82) is 0 Å². The lowest BCUT2D eigenvalue weighted by atomic mass is 9.85. The van der Waals surface area contributed by atoms with E-state index in [0.29, 0.717) is 41.9 Å². The standard InChI is InChI=1S/C29H36N6O4/c1-17-8-13-23(26(37)32-17)35-27(38)21-6-5-7-22(24(21)28(35)39)30-14-18-15-31-34(16-18)20-11-9-19(10-12-20)25(36)33-29(2,3)4/h5-7,15-16,19-20,23,30H,1,8-14H2,2-4H3,(H,32,37)(H,33,36). The highest BCUT2D eigenvalue weighted by atomic mass is 16.2. The summed E-state index contributed by atoms with van der Waals surface area (Å²) < 4.78 is 1.97. The molecule has 1 unspecified atom stereocenters. The lowest BCUT2D eigenvalue weighted by Crippen LogP contribution is -2.51. The molecule has 0 spiro atoms. The number of carbonyl (C=O) groups is 4. The highest BCUT2D eigenvalue weighted by Gasteiger charge is 2.45. The Hall–Kier alpha value is -3.95. The molecule has 1 aliphatic carbocycles. The minimum absolute atomic E-state index is 0.0377. The molecular formula is C29H36N6O4. The zero-order valence-electron chi connectivity index (χ0n) is 22.8. The van der Waals surface area contributed by atoms with Crippen LogP contribution in [0.3, 0.4) is 0 Å². The van der Waals surface area contributed by atoms with Gasteiger partial charge in [-0.25, -0.2) is 0 Å². The Balaban J connectivity index is 1.21. The van der Waals surface area contributed by atoms with E-state index in [1.807, 2.05) is 31.6 Å². The van der Waals surface area contributed by atoms with Crippen LogP contribution < -0.4 is 16.0 Å². The Kier molecular flexibility index (Phi) is 7.05. The largest absolute Gasteiger partial charge is 0.380 e. The average Bonchev–Trinajstić information content (AvgIpc) is 3.45. The van der Waals surface area contributed by atoms with Gasteiger partial charge in [0.1, 0.15) is 6.04 Å². The van der Waals surface area contributed by atoms with Crippen molar-refractivity contribution in [3.05, 3.63) is 59.6 Å². The molecule has 3 heterocycles. The van der Waals surface area contributed by atoms with Gasteiger partial charge in [0.15, 0.2) is 0 Å². The van der Waals surface area contributed by atoms with Crippen LogP contribution in [0.5, 0.6) is 0 Å². The van der Waals surface area contributed by atoms with E-state index in [-0.39, 0.29) is 29.3 Å². The number of rotatable bonds is 6. The van der Waals surface area contributed by atoms with Gasteiger partial charge < -0.3 is 16.0 Å². The Bertz CT molecular complexity index is 1330. The highest BCUT2D eigenvalue weighted by molar-refractivity contribution is 6.25. The van der Waals surface area contributed by atoms with Crippen LogP contribution in [0.2, 0.25) is 0 Å². The fraction of sp³-hybridized carbons (Fsp3) is 0.483. The Morgan fingerprint density at radius 2 is 1.85 bits per heavy atom. The molecule has 1 saturated heterocycles. The summed E-state index contributed by atoms with van der Waals surface area (Å²) in [5, 5.41) is 13.6. The number of allylic oxidation sites excluding steroid dienone is 1. The fourth-order valence-corrected chi connectivity index (χ4v) is 5.68. The second kappa shape index (κ2) is 10.3. The third-order valence-electron chi connectivity index (χ3n) is 7.66. The lowest BCUT2D eigenvalue weighted by Gasteiger charge is -2.30. The van der Waals surface area contributed by atoms with Gasteiger partial charge in [-0.05, 0) is 71.4 Å². The van der Waals surface area contributed by atoms with Crippen LogP contribution in [0.15, 0.2) is 42.9 Å². The fourth-order valence-electron chi connectivity index (χ4n) is 5.68. The zero-order valence-corrected chi connectivity index (χ0v) is 22.8. The summed E-state index contributed by atoms with van der Waals surface area (Å²) in [5.74, 6) is -1.13. The van der Waals surface area contributed by atoms with Gasteiger partial charge in [-0.2, -0.15) is 5.10 Å². The SMILES string of the molecule is C=C1CCC(N2C(=O)c3cccc(NCc4cnn(C5CCC(C(=O)NC(C)(C)C)CC5)c4)c3C2=O)C(=O)N1. The van der Waals surface area contributed by atoms with Gasteiger partial charge in [-0.1, -0.05) is 12.6 Å². The predicted octanol–water partition coefficient (Wildman–Crippen LogP) is 3.53. The number of hydrogen-bond donors (Lipinski definition) is 3. The smallest absolute Gasteiger partial charge is 0.264 e. The Labute approximate surface area is 228 Å². The summed E-state index contributed by atoms with van der Waals surface area (Å²) in [6, 6.07) is 4.52. The first-order chi connectivity index (χ1) is 18.5. The van der Waals surface area contributed by atoms with E-state index >= 15 is 0 Å². The molecule has 2 aromatic rings. The monoisotopic (exact) mass is 532 g/mol. The average molecular weight is 533 g/mol. The van der Waals surface area contributed by atoms with Gasteiger partial charge in [0, 0.05) is 41.1 Å². The molecule has 10 nitrogen and oxygen atoms in total. The van der Waals surface area contributed by atoms with E-state index in [4.69, 9.17) is 0 Å². The minimum Gasteiger partial charge on any atom is -0.380 e. The van der Waals surface area contributed by atoms with Crippen LogP contribution in [-0.2, 0) is 16.1 Å². The van der Waals surface area contributed by atoms with E-state index in [2.05, 4.69) is 27.6 Å². The predicted molar refractivity (Wildman–Crippen MR) is 146 cm³/mol. The van der Waals surface area contributed by atoms with Gasteiger partial charge in [0.25, 0.3) is 11.8 Å². The van der Waals surface area contributed by atoms with Crippen LogP contribution in [0.1, 0.15) is 91.6 Å². The van der Waals surface area contributed by atoms with E-state index < -0.39 is 17.9 Å². The van der Waals surface area contributed by atoms with E-state index in [9.17, 15) is 19.2 Å². The second-order valence-corrected chi connectivity index (χ2v) is 11.8. The quantitative estimate of drug-likeness (QED) is 0.489. The van der Waals surface area contributed by atoms with Gasteiger partial charge >= 0.3 is 0 Å². The number of aromatic nitrogens is 2. The lowest BCUT2D eigenvalue weighted by molar-refractivity contribution is -0.127. The molecule has 1 aromatic carbocycles. The van der Waals surface area contributed by atoms with Crippen molar-refractivity contribution in [2.24, 2.45) is 5.92 Å². The first kappa shape index (κ1) is 26.6. The van der Waals surface area contributed by atoms with Crippen LogP contribution >= 0.6 is 0 Å². The third-order valence-corrected chi connectivity index (χ3v) is 7.66. The van der Waals surface area contributed by atoms with Crippen molar-refractivity contribution in [1.82, 2.24) is 25.3 Å². The van der Waals surface area contributed by atoms with Gasteiger partial charge in [-0.3, -0.25) is 28.8 Å². The number of imide groups is 1. The number of anilines is 1. The molecule has 10 heteroatoms. The molecular weight excluding hydrogens is 496 g/mol. The van der Waals surface area contributed by atoms with Crippen LogP contribution in [0, 0.1) is 5.92 Å². The normalized spacial score (nSPS) is 23.5. The number of fused-ring (bicyclic) bond motifs is 1. The molecule has 1 saturated carbocycles. The van der Waals surface area contributed by atoms with Gasteiger partial charge in [-0.15, -0.1) is 0 Å². The van der Waals surface area contributed by atoms with Gasteiger partial charge in [0.05, 0.1) is 23.4 Å². The molecule has 3 aliphatic rings. The molecule has 2 fully saturated rings. The summed E-state index contributed by atoms with van der Waals surface area (Å²) in [5.41, 5.74) is 2.44. The molecule has 1 atom stereocenters. The maximum Gasteiger partial charge on any atom is 0.264 e. The molecule has 3 N–H and O–H groups in total. The van der Waals surface area contributed by atoms with E-state index in [0.717, 1.165) is 36.1 Å². The first-order valence-corrected chi connectivity index (χ1v) is 13.6. The highest BCUT2D eigenvalue weighted by Crippen LogP contribution is 2.34. The Morgan fingerprint density at radius 3 is 2.54 bits per heavy atom. The van der Waals surface area contributed by atoms with Crippen molar-refractivity contribution in [2.45, 2.75) is 83.5 Å². The number of benzene rings is 1. The molecule has 2 aliphatic heterocycles. The number of piperidine rings is 1. The third kappa shape index (κ3) is 5.46. The van der Waals surface area contributed by atoms with Crippen molar-refractivity contribution in [2.75, 3.05) is 5.32 Å². The molecule has 1 aromatic heterocycles. The van der Waals surface area contributed by atoms with Crippen molar-refractivity contribution in [3.8, 4) is 0 Å². The van der Waals surface area contributed by atoms with E-state index in [1.165, 1.54) is 0 Å². The summed E-state index contributed by atoms with van der Waals surface area (Å²) in [4.78, 5) is 52.6. The maximum absolute atomic E-state index is 13.3. The number of carbonyl (C=O) groups excluding carboxylic acids is 4. The maximum atomic E-state index is 13.3. The number of nitrogens with zero attached hydrogens (tertiary/aromatic N) is 3. The molecule has 5 rings (SSSR count). The minimum atomic E-state index is -0.844. The summed E-state index contributed by atoms with van der Waals surface area (Å²) in [6.07, 6.45) is 8.11. The topological polar surface area (TPSA) is 125 Å². The van der Waals surface area contributed by atoms with Crippen LogP contribution in [-0.4, -0.2) is 49.9 Å². The zero-order chi connectivity index (χ0) is 27.9. The first-order valence-electron chi connectivity index (χ1n) is 13.6. The molecule has 4 amide bonds. The Morgan fingerprint density at radius 1 is 1.10 bits per heavy atom. The summed E-state index contributed by atoms with van der Waals surface area (Å²) in [6.45, 7) is 10.2. The van der Waals surface area contributed by atoms with Gasteiger partial charge in [0.2, 0.25) is 11.8 Å². The summed E-state index contributed by atoms with van der Waals surface area (Å²) >= 11 is 0. The van der Waals surface area contributed by atoms with Crippen molar-refractivity contribution in [3.63, 3.8) is 0 Å². The number of amides is 4. The number of hydrogen-bond acceptors (Lipinski definition) is 6. The van der Waals surface area contributed by atoms with E-state index in [1.54, 1.807) is 24.4 Å². The summed E-state index contributed by atoms with van der Waals surface area (Å²) in [7, 11) is 0. The molecule has 0 bridgehead atoms. The molecule has 0 radical (unpaired) electrons. The second-order valence-electron chi connectivity index (χ2n) is 11.8. The molecule has 39 heavy (non-hydrogen) atoms. The van der Waals surface area contributed by atoms with Crippen LogP contribution in [0.4, 0.5) is 5.69 Å². The van der Waals surface area contributed by atoms with Crippen molar-refractivity contribution >= 4 is 29.3 Å². The number of nitrogens with one attached hydrogen (secondary N) is 3. The van der Waals surface area contributed by atoms with Crippen molar-refractivity contribution < 1.29 is 19.2 Å². The molecule has 206 valence electrons.